The van der Waals surface area contributed by atoms with Crippen molar-refractivity contribution in [3.63, 3.8) is 0 Å². The first-order valence-electron chi connectivity index (χ1n) is 7.58. The van der Waals surface area contributed by atoms with Gasteiger partial charge in [-0.1, -0.05) is 51.1 Å². The van der Waals surface area contributed by atoms with Crippen molar-refractivity contribution in [3.05, 3.63) is 35.9 Å². The van der Waals surface area contributed by atoms with E-state index in [1.807, 2.05) is 37.3 Å². The van der Waals surface area contributed by atoms with Crippen molar-refractivity contribution in [1.82, 2.24) is 0 Å². The van der Waals surface area contributed by atoms with Gasteiger partial charge in [0.2, 0.25) is 0 Å². The van der Waals surface area contributed by atoms with Crippen molar-refractivity contribution in [1.29, 1.82) is 5.26 Å². The largest absolute Gasteiger partial charge is 0.383 e. The van der Waals surface area contributed by atoms with Crippen molar-refractivity contribution >= 4 is 0 Å². The van der Waals surface area contributed by atoms with Crippen molar-refractivity contribution < 1.29 is 5.11 Å². The first-order valence-corrected chi connectivity index (χ1v) is 7.58. The Balaban J connectivity index is 2.41. The summed E-state index contributed by atoms with van der Waals surface area (Å²) in [5.41, 5.74) is -0.534. The summed E-state index contributed by atoms with van der Waals surface area (Å²) in [6, 6.07) is 12.2. The number of hydrogen-bond acceptors (Lipinski definition) is 2. The molecule has 0 radical (unpaired) electrons. The zero-order chi connectivity index (χ0) is 14.9. The minimum atomic E-state index is -1.04. The number of nitrogens with zero attached hydrogens (tertiary/aromatic N) is 1. The topological polar surface area (TPSA) is 44.0 Å². The molecule has 1 unspecified atom stereocenters. The fraction of sp³-hybridized carbons (Fsp3) is 0.611. The first-order chi connectivity index (χ1) is 9.39. The first kappa shape index (κ1) is 15.1. The molecule has 2 nitrogen and oxygen atoms in total. The summed E-state index contributed by atoms with van der Waals surface area (Å²) in [5, 5.41) is 21.1. The average Bonchev–Trinajstić information content (AvgIpc) is 2.48. The van der Waals surface area contributed by atoms with E-state index in [9.17, 15) is 10.4 Å². The summed E-state index contributed by atoms with van der Waals surface area (Å²) >= 11 is 0. The minimum absolute atomic E-state index is 0.283. The van der Waals surface area contributed by atoms with E-state index in [0.717, 1.165) is 31.2 Å². The monoisotopic (exact) mass is 271 g/mol. The Kier molecular flexibility index (Phi) is 3.93. The molecule has 0 aromatic heterocycles. The van der Waals surface area contributed by atoms with Crippen LogP contribution in [-0.4, -0.2) is 5.11 Å². The Labute approximate surface area is 122 Å². The third kappa shape index (κ3) is 2.36. The zero-order valence-corrected chi connectivity index (χ0v) is 12.8. The van der Waals surface area contributed by atoms with Crippen LogP contribution in [0.2, 0.25) is 0 Å². The molecule has 1 fully saturated rings. The van der Waals surface area contributed by atoms with E-state index in [4.69, 9.17) is 0 Å². The molecule has 0 bridgehead atoms. The molecule has 0 saturated heterocycles. The van der Waals surface area contributed by atoms with Crippen LogP contribution in [0, 0.1) is 22.2 Å². The number of hydrogen-bond donors (Lipinski definition) is 1. The van der Waals surface area contributed by atoms with Crippen molar-refractivity contribution in [2.24, 2.45) is 10.8 Å². The van der Waals surface area contributed by atoms with Crippen LogP contribution in [0.15, 0.2) is 30.3 Å². The lowest BCUT2D eigenvalue weighted by Gasteiger charge is -2.48. The highest BCUT2D eigenvalue weighted by molar-refractivity contribution is 5.29. The second-order valence-electron chi connectivity index (χ2n) is 6.94. The molecule has 2 heteroatoms. The van der Waals surface area contributed by atoms with Gasteiger partial charge in [-0.2, -0.15) is 5.26 Å². The molecule has 1 saturated carbocycles. The number of benzene rings is 1. The molecule has 108 valence electrons. The third-order valence-electron chi connectivity index (χ3n) is 5.23. The molecule has 1 aliphatic rings. The quantitative estimate of drug-likeness (QED) is 0.885. The molecule has 1 atom stereocenters. The molecule has 1 aromatic carbocycles. The maximum absolute atomic E-state index is 11.3. The van der Waals surface area contributed by atoms with Gasteiger partial charge in [0, 0.05) is 0 Å². The zero-order valence-electron chi connectivity index (χ0n) is 12.8. The van der Waals surface area contributed by atoms with Gasteiger partial charge in [0.15, 0.2) is 0 Å². The summed E-state index contributed by atoms with van der Waals surface area (Å²) in [7, 11) is 0. The lowest BCUT2D eigenvalue weighted by Crippen LogP contribution is -2.47. The van der Waals surface area contributed by atoms with Gasteiger partial charge in [0.1, 0.15) is 5.60 Å². The lowest BCUT2D eigenvalue weighted by molar-refractivity contribution is -0.0943. The highest BCUT2D eigenvalue weighted by Crippen LogP contribution is 2.54. The van der Waals surface area contributed by atoms with E-state index in [-0.39, 0.29) is 5.41 Å². The highest BCUT2D eigenvalue weighted by atomic mass is 16.3. The van der Waals surface area contributed by atoms with Crippen LogP contribution < -0.4 is 0 Å². The van der Waals surface area contributed by atoms with Crippen molar-refractivity contribution in [2.75, 3.05) is 0 Å². The van der Waals surface area contributed by atoms with Gasteiger partial charge < -0.3 is 5.11 Å². The van der Waals surface area contributed by atoms with E-state index >= 15 is 0 Å². The van der Waals surface area contributed by atoms with Crippen molar-refractivity contribution in [3.8, 4) is 6.07 Å². The molecular formula is C18H25NO. The maximum Gasteiger partial charge on any atom is 0.108 e. The lowest BCUT2D eigenvalue weighted by atomic mass is 9.56. The molecule has 0 aliphatic heterocycles. The minimum Gasteiger partial charge on any atom is -0.383 e. The molecule has 0 amide bonds. The van der Waals surface area contributed by atoms with E-state index < -0.39 is 11.0 Å². The van der Waals surface area contributed by atoms with Gasteiger partial charge in [-0.05, 0) is 43.1 Å². The van der Waals surface area contributed by atoms with Crippen LogP contribution in [0.1, 0.15) is 58.4 Å². The predicted octanol–water partition coefficient (Wildman–Crippen LogP) is 4.39. The van der Waals surface area contributed by atoms with Gasteiger partial charge in [0.05, 0.1) is 11.5 Å². The Morgan fingerprint density at radius 1 is 1.15 bits per heavy atom. The Hall–Kier alpha value is -1.33. The van der Waals surface area contributed by atoms with E-state index in [1.165, 1.54) is 0 Å². The molecule has 2 rings (SSSR count). The summed E-state index contributed by atoms with van der Waals surface area (Å²) < 4.78 is 0. The number of rotatable bonds is 3. The molecule has 1 aromatic rings. The fourth-order valence-electron chi connectivity index (χ4n) is 3.50. The SMILES string of the molecule is CCC(O)(c1ccccc1)C1(C#N)CCC(C)(C)CC1. The fourth-order valence-corrected chi connectivity index (χ4v) is 3.50. The van der Waals surface area contributed by atoms with Gasteiger partial charge in [-0.15, -0.1) is 0 Å². The van der Waals surface area contributed by atoms with Gasteiger partial charge in [-0.25, -0.2) is 0 Å². The normalized spacial score (nSPS) is 23.6. The third-order valence-corrected chi connectivity index (χ3v) is 5.23. The van der Waals surface area contributed by atoms with Gasteiger partial charge in [-0.3, -0.25) is 0 Å². The van der Waals surface area contributed by atoms with Crippen molar-refractivity contribution in [2.45, 2.75) is 58.5 Å². The molecular weight excluding hydrogens is 246 g/mol. The summed E-state index contributed by atoms with van der Waals surface area (Å²) in [6.45, 7) is 6.48. The van der Waals surface area contributed by atoms with E-state index in [0.29, 0.717) is 6.42 Å². The summed E-state index contributed by atoms with van der Waals surface area (Å²) in [4.78, 5) is 0. The molecule has 0 heterocycles. The van der Waals surface area contributed by atoms with Crippen LogP contribution in [0.4, 0.5) is 0 Å². The molecule has 0 spiro atoms. The van der Waals surface area contributed by atoms with Crippen LogP contribution in [0.5, 0.6) is 0 Å². The Morgan fingerprint density at radius 3 is 2.15 bits per heavy atom. The van der Waals surface area contributed by atoms with Crippen LogP contribution in [0.3, 0.4) is 0 Å². The van der Waals surface area contributed by atoms with Gasteiger partial charge in [0.25, 0.3) is 0 Å². The van der Waals surface area contributed by atoms with Crippen LogP contribution >= 0.6 is 0 Å². The Morgan fingerprint density at radius 2 is 1.70 bits per heavy atom. The predicted molar refractivity (Wildman–Crippen MR) is 80.9 cm³/mol. The molecule has 20 heavy (non-hydrogen) atoms. The average molecular weight is 271 g/mol. The molecule has 1 N–H and O–H groups in total. The van der Waals surface area contributed by atoms with Crippen LogP contribution in [0.25, 0.3) is 0 Å². The summed E-state index contributed by atoms with van der Waals surface area (Å²) in [6.07, 6.45) is 4.11. The second-order valence-corrected chi connectivity index (χ2v) is 6.94. The Bertz CT molecular complexity index is 490. The van der Waals surface area contributed by atoms with Gasteiger partial charge >= 0.3 is 0 Å². The maximum atomic E-state index is 11.3. The van der Waals surface area contributed by atoms with E-state index in [2.05, 4.69) is 19.9 Å². The second kappa shape index (κ2) is 5.22. The summed E-state index contributed by atoms with van der Waals surface area (Å²) in [5.74, 6) is 0. The highest BCUT2D eigenvalue weighted by Gasteiger charge is 2.53. The number of nitriles is 1. The van der Waals surface area contributed by atoms with E-state index in [1.54, 1.807) is 0 Å². The smallest absolute Gasteiger partial charge is 0.108 e. The van der Waals surface area contributed by atoms with Crippen LogP contribution in [-0.2, 0) is 5.60 Å². The molecule has 1 aliphatic carbocycles. The number of aliphatic hydroxyl groups is 1. The standard InChI is InChI=1S/C18H25NO/c1-4-18(20,15-8-6-5-7-9-15)17(14-19)12-10-16(2,3)11-13-17/h5-9,20H,4,10-13H2,1-3H3.